The predicted molar refractivity (Wildman–Crippen MR) is 155 cm³/mol. The van der Waals surface area contributed by atoms with Crippen LogP contribution in [-0.4, -0.2) is 82.0 Å². The van der Waals surface area contributed by atoms with Crippen LogP contribution in [0.15, 0.2) is 83.8 Å². The normalized spacial score (nSPS) is 16.6. The number of rotatable bonds is 9. The summed E-state index contributed by atoms with van der Waals surface area (Å²) in [6.07, 6.45) is 1.82. The van der Waals surface area contributed by atoms with Gasteiger partial charge in [-0.05, 0) is 61.4 Å². The standard InChI is InChI=1S/C30H34N4O6S/c35-29(34-16-14-24(15-17-34)33-18-20-39-21-19-33)22-31-30(36)23-10-12-26(13-11-23)41(37,38)32-27-8-4-5-9-28(27)40-25-6-2-1-3-7-25/h1-13,24,32H,14-22H2,(H,31,36). The van der Waals surface area contributed by atoms with Gasteiger partial charge in [0.2, 0.25) is 5.91 Å². The van der Waals surface area contributed by atoms with Crippen molar-refractivity contribution in [1.29, 1.82) is 0 Å². The van der Waals surface area contributed by atoms with Crippen molar-refractivity contribution in [2.45, 2.75) is 23.8 Å². The quantitative estimate of drug-likeness (QED) is 0.400. The number of nitrogens with one attached hydrogen (secondary N) is 2. The van der Waals surface area contributed by atoms with Gasteiger partial charge in [-0.25, -0.2) is 8.42 Å². The molecule has 2 N–H and O–H groups in total. The molecule has 0 radical (unpaired) electrons. The van der Waals surface area contributed by atoms with E-state index in [2.05, 4.69) is 14.9 Å². The van der Waals surface area contributed by atoms with Crippen LogP contribution in [0.3, 0.4) is 0 Å². The number of anilines is 1. The molecule has 10 nitrogen and oxygen atoms in total. The number of ether oxygens (including phenoxy) is 2. The third-order valence-corrected chi connectivity index (χ3v) is 8.69. The largest absolute Gasteiger partial charge is 0.455 e. The van der Waals surface area contributed by atoms with E-state index in [4.69, 9.17) is 9.47 Å². The Hall–Kier alpha value is -3.93. The molecule has 2 saturated heterocycles. The topological polar surface area (TPSA) is 117 Å². The third kappa shape index (κ3) is 7.43. The van der Waals surface area contributed by atoms with Crippen LogP contribution in [0.4, 0.5) is 5.69 Å². The van der Waals surface area contributed by atoms with E-state index < -0.39 is 15.9 Å². The van der Waals surface area contributed by atoms with Crippen molar-refractivity contribution in [3.05, 3.63) is 84.4 Å². The summed E-state index contributed by atoms with van der Waals surface area (Å²) in [4.78, 5) is 29.6. The number of carbonyl (C=O) groups is 2. The molecule has 2 fully saturated rings. The molecule has 2 aliphatic heterocycles. The molecule has 2 aliphatic rings. The second-order valence-corrected chi connectivity index (χ2v) is 11.7. The molecule has 2 heterocycles. The van der Waals surface area contributed by atoms with E-state index in [1.54, 1.807) is 41.3 Å². The van der Waals surface area contributed by atoms with Crippen molar-refractivity contribution in [2.24, 2.45) is 0 Å². The summed E-state index contributed by atoms with van der Waals surface area (Å²) in [5.41, 5.74) is 0.543. The number of carbonyl (C=O) groups excluding carboxylic acids is 2. The summed E-state index contributed by atoms with van der Waals surface area (Å²) in [5.74, 6) is 0.359. The van der Waals surface area contributed by atoms with E-state index in [1.807, 2.05) is 18.2 Å². The van der Waals surface area contributed by atoms with E-state index in [0.717, 1.165) is 39.1 Å². The molecule has 0 unspecified atom stereocenters. The smallest absolute Gasteiger partial charge is 0.262 e. The lowest BCUT2D eigenvalue weighted by atomic mass is 10.0. The van der Waals surface area contributed by atoms with Crippen LogP contribution in [0.1, 0.15) is 23.2 Å². The monoisotopic (exact) mass is 578 g/mol. The molecular weight excluding hydrogens is 544 g/mol. The average Bonchev–Trinajstić information content (AvgIpc) is 3.01. The summed E-state index contributed by atoms with van der Waals surface area (Å²) >= 11 is 0. The van der Waals surface area contributed by atoms with Gasteiger partial charge >= 0.3 is 0 Å². The molecule has 11 heteroatoms. The first-order valence-electron chi connectivity index (χ1n) is 13.7. The molecule has 216 valence electrons. The lowest BCUT2D eigenvalue weighted by Gasteiger charge is -2.40. The Labute approximate surface area is 240 Å². The van der Waals surface area contributed by atoms with Crippen molar-refractivity contribution < 1.29 is 27.5 Å². The Kier molecular flexibility index (Phi) is 9.17. The first-order valence-corrected chi connectivity index (χ1v) is 15.2. The zero-order valence-corrected chi connectivity index (χ0v) is 23.5. The maximum atomic E-state index is 13.1. The molecule has 0 bridgehead atoms. The van der Waals surface area contributed by atoms with Crippen molar-refractivity contribution >= 4 is 27.5 Å². The van der Waals surface area contributed by atoms with Gasteiger partial charge in [-0.2, -0.15) is 0 Å². The minimum absolute atomic E-state index is 0.0113. The summed E-state index contributed by atoms with van der Waals surface area (Å²) < 4.78 is 40.0. The van der Waals surface area contributed by atoms with Crippen molar-refractivity contribution in [3.63, 3.8) is 0 Å². The van der Waals surface area contributed by atoms with Crippen LogP contribution in [0.5, 0.6) is 11.5 Å². The minimum atomic E-state index is -3.96. The van der Waals surface area contributed by atoms with Crippen LogP contribution in [0.25, 0.3) is 0 Å². The Morgan fingerprint density at radius 2 is 1.51 bits per heavy atom. The molecule has 41 heavy (non-hydrogen) atoms. The van der Waals surface area contributed by atoms with Crippen LogP contribution in [0.2, 0.25) is 0 Å². The summed E-state index contributed by atoms with van der Waals surface area (Å²) in [5, 5.41) is 2.66. The predicted octanol–water partition coefficient (Wildman–Crippen LogP) is 3.33. The average molecular weight is 579 g/mol. The number of sulfonamides is 1. The number of piperidine rings is 1. The molecular formula is C30H34N4O6S. The summed E-state index contributed by atoms with van der Waals surface area (Å²) in [6, 6.07) is 21.8. The highest BCUT2D eigenvalue weighted by atomic mass is 32.2. The first kappa shape index (κ1) is 28.6. The Bertz CT molecular complexity index is 1440. The zero-order chi connectivity index (χ0) is 28.7. The fourth-order valence-electron chi connectivity index (χ4n) is 5.04. The number of likely N-dealkylation sites (tertiary alicyclic amines) is 1. The molecule has 0 saturated carbocycles. The fraction of sp³-hybridized carbons (Fsp3) is 0.333. The highest BCUT2D eigenvalue weighted by molar-refractivity contribution is 7.92. The zero-order valence-electron chi connectivity index (χ0n) is 22.7. The van der Waals surface area contributed by atoms with Gasteiger partial charge in [-0.1, -0.05) is 30.3 Å². The molecule has 0 spiro atoms. The van der Waals surface area contributed by atoms with Gasteiger partial charge in [0.05, 0.1) is 30.3 Å². The number of para-hydroxylation sites is 3. The number of hydrogen-bond donors (Lipinski definition) is 2. The van der Waals surface area contributed by atoms with Gasteiger partial charge in [0.25, 0.3) is 15.9 Å². The fourth-order valence-corrected chi connectivity index (χ4v) is 6.11. The van der Waals surface area contributed by atoms with Gasteiger partial charge in [-0.3, -0.25) is 19.2 Å². The van der Waals surface area contributed by atoms with E-state index in [1.165, 1.54) is 24.3 Å². The van der Waals surface area contributed by atoms with Crippen LogP contribution >= 0.6 is 0 Å². The van der Waals surface area contributed by atoms with Gasteiger partial charge < -0.3 is 19.7 Å². The molecule has 3 aromatic rings. The van der Waals surface area contributed by atoms with E-state index in [-0.39, 0.29) is 28.6 Å². The molecule has 0 aromatic heterocycles. The first-order chi connectivity index (χ1) is 19.9. The number of hydrogen-bond acceptors (Lipinski definition) is 7. The van der Waals surface area contributed by atoms with E-state index in [9.17, 15) is 18.0 Å². The SMILES string of the molecule is O=C(NCC(=O)N1CCC(N2CCOCC2)CC1)c1ccc(S(=O)(=O)Nc2ccccc2Oc2ccccc2)cc1. The molecule has 5 rings (SSSR count). The van der Waals surface area contributed by atoms with Crippen molar-refractivity contribution in [3.8, 4) is 11.5 Å². The maximum absolute atomic E-state index is 13.1. The molecule has 0 atom stereocenters. The number of amides is 2. The molecule has 2 amide bonds. The minimum Gasteiger partial charge on any atom is -0.455 e. The molecule has 0 aliphatic carbocycles. The third-order valence-electron chi connectivity index (χ3n) is 7.31. The highest BCUT2D eigenvalue weighted by Gasteiger charge is 2.28. The lowest BCUT2D eigenvalue weighted by molar-refractivity contribution is -0.132. The number of morpholine rings is 1. The van der Waals surface area contributed by atoms with Gasteiger partial charge in [0, 0.05) is 37.8 Å². The highest BCUT2D eigenvalue weighted by Crippen LogP contribution is 2.31. The van der Waals surface area contributed by atoms with Crippen molar-refractivity contribution in [2.75, 3.05) is 50.7 Å². The van der Waals surface area contributed by atoms with Crippen molar-refractivity contribution in [1.82, 2.24) is 15.1 Å². The Morgan fingerprint density at radius 1 is 0.854 bits per heavy atom. The Balaban J connectivity index is 1.13. The number of nitrogens with zero attached hydrogens (tertiary/aromatic N) is 2. The second kappa shape index (κ2) is 13.2. The van der Waals surface area contributed by atoms with Crippen LogP contribution in [-0.2, 0) is 19.6 Å². The maximum Gasteiger partial charge on any atom is 0.262 e. The van der Waals surface area contributed by atoms with Gasteiger partial charge in [0.15, 0.2) is 5.75 Å². The Morgan fingerprint density at radius 3 is 2.22 bits per heavy atom. The number of benzene rings is 3. The van der Waals surface area contributed by atoms with Gasteiger partial charge in [-0.15, -0.1) is 0 Å². The lowest BCUT2D eigenvalue weighted by Crippen LogP contribution is -2.51. The van der Waals surface area contributed by atoms with Crippen LogP contribution in [0, 0.1) is 0 Å². The summed E-state index contributed by atoms with van der Waals surface area (Å²) in [7, 11) is -3.96. The molecule has 3 aromatic carbocycles. The second-order valence-electron chi connectivity index (χ2n) is 9.98. The van der Waals surface area contributed by atoms with E-state index >= 15 is 0 Å². The summed E-state index contributed by atoms with van der Waals surface area (Å²) in [6.45, 7) is 4.59. The van der Waals surface area contributed by atoms with Crippen LogP contribution < -0.4 is 14.8 Å². The van der Waals surface area contributed by atoms with E-state index in [0.29, 0.717) is 30.6 Å². The van der Waals surface area contributed by atoms with Gasteiger partial charge in [0.1, 0.15) is 5.75 Å².